The molecule has 0 spiro atoms. The Hall–Kier alpha value is -1.79. The summed E-state index contributed by atoms with van der Waals surface area (Å²) < 4.78 is 0. The van der Waals surface area contributed by atoms with E-state index in [1.807, 2.05) is 36.4 Å². The van der Waals surface area contributed by atoms with Crippen molar-refractivity contribution < 1.29 is 4.79 Å². The first-order valence-electron chi connectivity index (χ1n) is 8.00. The van der Waals surface area contributed by atoms with E-state index in [0.29, 0.717) is 33.6 Å². The van der Waals surface area contributed by atoms with Gasteiger partial charge in [-0.2, -0.15) is 0 Å². The lowest BCUT2D eigenvalue weighted by atomic mass is 10.1. The van der Waals surface area contributed by atoms with E-state index < -0.39 is 0 Å². The first-order chi connectivity index (χ1) is 13.0. The monoisotopic (exact) mass is 437 g/mol. The van der Waals surface area contributed by atoms with Gasteiger partial charge >= 0.3 is 0 Å². The van der Waals surface area contributed by atoms with Crippen molar-refractivity contribution in [2.45, 2.75) is 16.3 Å². The summed E-state index contributed by atoms with van der Waals surface area (Å²) in [5, 5.41) is 12.7. The maximum absolute atomic E-state index is 12.6. The number of aromatic nitrogens is 2. The van der Waals surface area contributed by atoms with E-state index >= 15 is 0 Å². The number of hydrogen-bond acceptors (Lipinski definition) is 4. The van der Waals surface area contributed by atoms with Gasteiger partial charge in [-0.1, -0.05) is 58.7 Å². The molecule has 0 aliphatic carbocycles. The van der Waals surface area contributed by atoms with Crippen molar-refractivity contribution in [2.75, 3.05) is 6.54 Å². The normalized spacial score (nSPS) is 10.6. The van der Waals surface area contributed by atoms with Crippen molar-refractivity contribution in [3.63, 3.8) is 0 Å². The zero-order chi connectivity index (χ0) is 19.2. The smallest absolute Gasteiger partial charge is 0.254 e. The predicted molar refractivity (Wildman–Crippen MR) is 110 cm³/mol. The largest absolute Gasteiger partial charge is 0.352 e. The van der Waals surface area contributed by atoms with Crippen LogP contribution in [0.5, 0.6) is 0 Å². The van der Waals surface area contributed by atoms with Crippen LogP contribution >= 0.6 is 46.6 Å². The van der Waals surface area contributed by atoms with Crippen molar-refractivity contribution >= 4 is 52.5 Å². The van der Waals surface area contributed by atoms with Crippen LogP contribution in [0.15, 0.2) is 64.5 Å². The highest BCUT2D eigenvalue weighted by Crippen LogP contribution is 2.30. The number of benzene rings is 2. The highest BCUT2D eigenvalue weighted by molar-refractivity contribution is 7.99. The van der Waals surface area contributed by atoms with Crippen molar-refractivity contribution in [1.82, 2.24) is 15.5 Å². The van der Waals surface area contributed by atoms with Crippen molar-refractivity contribution in [2.24, 2.45) is 0 Å². The van der Waals surface area contributed by atoms with Gasteiger partial charge in [-0.05, 0) is 54.4 Å². The fraction of sp³-hybridized carbons (Fsp3) is 0.105. The number of hydrogen-bond donors (Lipinski definition) is 1. The minimum absolute atomic E-state index is 0.162. The number of nitrogens with zero attached hydrogens (tertiary/aromatic N) is 2. The molecule has 0 radical (unpaired) electrons. The molecule has 1 N–H and O–H groups in total. The maximum Gasteiger partial charge on any atom is 0.254 e. The van der Waals surface area contributed by atoms with Gasteiger partial charge in [-0.25, -0.2) is 0 Å². The standard InChI is InChI=1S/C19H14Cl3N3OS/c20-13-4-6-15(7-5-13)27-19-16(11-17(22)24-25-19)18(26)23-9-8-12-2-1-3-14(21)10-12/h1-7,10-11H,8-9H2,(H,23,26). The molecule has 3 rings (SSSR count). The molecule has 0 saturated carbocycles. The molecule has 0 fully saturated rings. The van der Waals surface area contributed by atoms with E-state index in [4.69, 9.17) is 34.8 Å². The molecule has 1 heterocycles. The first-order valence-corrected chi connectivity index (χ1v) is 9.95. The SMILES string of the molecule is O=C(NCCc1cccc(Cl)c1)c1cc(Cl)nnc1Sc1ccc(Cl)cc1. The van der Waals surface area contributed by atoms with Gasteiger partial charge in [-0.3, -0.25) is 4.79 Å². The summed E-state index contributed by atoms with van der Waals surface area (Å²) in [6.07, 6.45) is 0.665. The quantitative estimate of drug-likeness (QED) is 0.547. The fourth-order valence-electron chi connectivity index (χ4n) is 2.32. The van der Waals surface area contributed by atoms with Crippen LogP contribution in [-0.4, -0.2) is 22.6 Å². The lowest BCUT2D eigenvalue weighted by molar-refractivity contribution is 0.0950. The predicted octanol–water partition coefficient (Wildman–Crippen LogP) is 5.56. The van der Waals surface area contributed by atoms with Gasteiger partial charge in [0.05, 0.1) is 5.56 Å². The summed E-state index contributed by atoms with van der Waals surface area (Å²) in [5.74, 6) is -0.259. The zero-order valence-electron chi connectivity index (χ0n) is 14.0. The summed E-state index contributed by atoms with van der Waals surface area (Å²) in [7, 11) is 0. The number of rotatable bonds is 6. The van der Waals surface area contributed by atoms with Gasteiger partial charge in [0, 0.05) is 21.5 Å². The molecule has 3 aromatic rings. The van der Waals surface area contributed by atoms with Gasteiger partial charge in [-0.15, -0.1) is 10.2 Å². The molecule has 138 valence electrons. The Balaban J connectivity index is 1.69. The van der Waals surface area contributed by atoms with Gasteiger partial charge in [0.2, 0.25) is 0 Å². The Labute approximate surface area is 176 Å². The van der Waals surface area contributed by atoms with E-state index in [1.165, 1.54) is 17.8 Å². The molecule has 1 amide bonds. The van der Waals surface area contributed by atoms with Crippen molar-refractivity contribution in [3.05, 3.63) is 80.9 Å². The Kier molecular flexibility index (Phi) is 6.96. The van der Waals surface area contributed by atoms with Crippen LogP contribution in [0, 0.1) is 0 Å². The average Bonchev–Trinajstić information content (AvgIpc) is 2.65. The number of carbonyl (C=O) groups is 1. The lowest BCUT2D eigenvalue weighted by Gasteiger charge is -2.09. The van der Waals surface area contributed by atoms with Crippen LogP contribution in [0.2, 0.25) is 15.2 Å². The van der Waals surface area contributed by atoms with Crippen molar-refractivity contribution in [1.29, 1.82) is 0 Å². The molecule has 0 atom stereocenters. The second-order valence-electron chi connectivity index (χ2n) is 5.58. The van der Waals surface area contributed by atoms with Crippen LogP contribution in [-0.2, 0) is 6.42 Å². The number of carbonyl (C=O) groups excluding carboxylic acids is 1. The molecule has 2 aromatic carbocycles. The van der Waals surface area contributed by atoms with Crippen LogP contribution < -0.4 is 5.32 Å². The topological polar surface area (TPSA) is 54.9 Å². The second-order valence-corrected chi connectivity index (χ2v) is 7.90. The van der Waals surface area contributed by atoms with Gasteiger partial charge < -0.3 is 5.32 Å². The van der Waals surface area contributed by atoms with Gasteiger partial charge in [0.1, 0.15) is 5.03 Å². The van der Waals surface area contributed by atoms with Crippen LogP contribution in [0.3, 0.4) is 0 Å². The van der Waals surface area contributed by atoms with E-state index in [1.54, 1.807) is 12.1 Å². The van der Waals surface area contributed by atoms with Gasteiger partial charge in [0.15, 0.2) is 5.15 Å². The summed E-state index contributed by atoms with van der Waals surface area (Å²) in [6, 6.07) is 16.3. The number of amides is 1. The van der Waals surface area contributed by atoms with Gasteiger partial charge in [0.25, 0.3) is 5.91 Å². The molecular formula is C19H14Cl3N3OS. The zero-order valence-corrected chi connectivity index (χ0v) is 17.0. The highest BCUT2D eigenvalue weighted by Gasteiger charge is 2.16. The molecule has 4 nitrogen and oxygen atoms in total. The van der Waals surface area contributed by atoms with E-state index in [9.17, 15) is 4.79 Å². The summed E-state index contributed by atoms with van der Waals surface area (Å²) in [4.78, 5) is 13.5. The average molecular weight is 439 g/mol. The highest BCUT2D eigenvalue weighted by atomic mass is 35.5. The molecule has 1 aromatic heterocycles. The molecule has 0 saturated heterocycles. The third-order valence-electron chi connectivity index (χ3n) is 3.59. The molecule has 0 aliphatic heterocycles. The number of nitrogens with one attached hydrogen (secondary N) is 1. The Morgan fingerprint density at radius 3 is 2.48 bits per heavy atom. The third kappa shape index (κ3) is 5.84. The first kappa shape index (κ1) is 20.0. The number of halogens is 3. The van der Waals surface area contributed by atoms with Crippen molar-refractivity contribution in [3.8, 4) is 0 Å². The van der Waals surface area contributed by atoms with E-state index in [-0.39, 0.29) is 11.1 Å². The molecule has 8 heteroatoms. The maximum atomic E-state index is 12.6. The van der Waals surface area contributed by atoms with Crippen LogP contribution in [0.25, 0.3) is 0 Å². The Morgan fingerprint density at radius 2 is 1.74 bits per heavy atom. The van der Waals surface area contributed by atoms with Crippen LogP contribution in [0.4, 0.5) is 0 Å². The summed E-state index contributed by atoms with van der Waals surface area (Å²) in [6.45, 7) is 0.462. The van der Waals surface area contributed by atoms with E-state index in [0.717, 1.165) is 10.5 Å². The Morgan fingerprint density at radius 1 is 0.963 bits per heavy atom. The molecule has 0 unspecified atom stereocenters. The minimum atomic E-state index is -0.259. The third-order valence-corrected chi connectivity index (χ3v) is 5.27. The molecule has 0 bridgehead atoms. The lowest BCUT2D eigenvalue weighted by Crippen LogP contribution is -2.26. The Bertz CT molecular complexity index is 951. The molecule has 0 aliphatic rings. The summed E-state index contributed by atoms with van der Waals surface area (Å²) >= 11 is 19.1. The second kappa shape index (κ2) is 9.42. The molecule has 27 heavy (non-hydrogen) atoms. The van der Waals surface area contributed by atoms with E-state index in [2.05, 4.69) is 15.5 Å². The fourth-order valence-corrected chi connectivity index (χ4v) is 3.64. The summed E-state index contributed by atoms with van der Waals surface area (Å²) in [5.41, 5.74) is 1.42. The minimum Gasteiger partial charge on any atom is -0.352 e. The molecular weight excluding hydrogens is 425 g/mol. The van der Waals surface area contributed by atoms with Crippen LogP contribution in [0.1, 0.15) is 15.9 Å².